The van der Waals surface area contributed by atoms with Gasteiger partial charge in [0.1, 0.15) is 35.8 Å². The third-order valence-electron chi connectivity index (χ3n) is 10.5. The van der Waals surface area contributed by atoms with Gasteiger partial charge >= 0.3 is 0 Å². The lowest BCUT2D eigenvalue weighted by Crippen LogP contribution is -2.55. The van der Waals surface area contributed by atoms with Gasteiger partial charge in [-0.1, -0.05) is 54.9 Å². The van der Waals surface area contributed by atoms with E-state index in [0.29, 0.717) is 35.5 Å². The smallest absolute Gasteiger partial charge is 0.251 e. The van der Waals surface area contributed by atoms with E-state index in [-0.39, 0.29) is 66.2 Å². The maximum absolute atomic E-state index is 14.2. The predicted molar refractivity (Wildman–Crippen MR) is 241 cm³/mol. The molecule has 0 saturated heterocycles. The first kappa shape index (κ1) is 49.8. The van der Waals surface area contributed by atoms with Gasteiger partial charge in [-0.25, -0.2) is 0 Å². The van der Waals surface area contributed by atoms with Gasteiger partial charge in [-0.05, 0) is 96.6 Å². The first-order chi connectivity index (χ1) is 30.5. The molecule has 12 N–H and O–H groups in total. The van der Waals surface area contributed by atoms with Crippen LogP contribution in [0, 0.1) is 0 Å². The summed E-state index contributed by atoms with van der Waals surface area (Å²) in [7, 11) is 2.78. The Morgan fingerprint density at radius 3 is 1.95 bits per heavy atom. The zero-order valence-corrected chi connectivity index (χ0v) is 36.6. The van der Waals surface area contributed by atoms with E-state index in [1.807, 2.05) is 12.1 Å². The number of carbonyl (C=O) groups is 7. The summed E-state index contributed by atoms with van der Waals surface area (Å²) in [5, 5.41) is 32.9. The number of Topliss-reactive ketones (excluding diaryl/α,β-unsaturated/α-hetero) is 1. The highest BCUT2D eigenvalue weighted by Gasteiger charge is 2.33. The van der Waals surface area contributed by atoms with Crippen molar-refractivity contribution in [2.24, 2.45) is 17.2 Å². The van der Waals surface area contributed by atoms with E-state index in [1.54, 1.807) is 43.3 Å². The molecule has 0 radical (unpaired) electrons. The van der Waals surface area contributed by atoms with Gasteiger partial charge in [0.15, 0.2) is 5.78 Å². The van der Waals surface area contributed by atoms with Crippen LogP contribution in [0.5, 0.6) is 11.5 Å². The highest BCUT2D eigenvalue weighted by Crippen LogP contribution is 2.38. The number of carbonyl (C=O) groups excluding carboxylic acids is 7. The Labute approximate surface area is 376 Å². The lowest BCUT2D eigenvalue weighted by molar-refractivity contribution is -0.139. The molecule has 0 aliphatic carbocycles. The molecule has 17 nitrogen and oxygen atoms in total. The number of likely N-dealkylation sites (N-methyl/N-ethyl adjacent to an activating group) is 1. The number of primary amides is 1. The number of halogens is 1. The predicted octanol–water partition coefficient (Wildman–Crippen LogP) is 2.93. The molecule has 6 amide bonds. The van der Waals surface area contributed by atoms with Crippen LogP contribution in [0.3, 0.4) is 0 Å². The second-order valence-corrected chi connectivity index (χ2v) is 15.5. The van der Waals surface area contributed by atoms with Crippen molar-refractivity contribution in [1.29, 1.82) is 0 Å². The van der Waals surface area contributed by atoms with Crippen LogP contribution in [0.4, 0.5) is 0 Å². The molecule has 4 unspecified atom stereocenters. The van der Waals surface area contributed by atoms with Crippen molar-refractivity contribution in [1.82, 2.24) is 26.2 Å². The minimum atomic E-state index is -1.47. The van der Waals surface area contributed by atoms with Crippen LogP contribution in [0.25, 0.3) is 22.3 Å². The number of nitrogens with two attached hydrogens (primary N) is 3. The lowest BCUT2D eigenvalue weighted by Gasteiger charge is -2.30. The van der Waals surface area contributed by atoms with E-state index < -0.39 is 59.6 Å². The summed E-state index contributed by atoms with van der Waals surface area (Å²) in [6.45, 7) is 1.93. The normalized spacial score (nSPS) is 12.8. The van der Waals surface area contributed by atoms with Crippen molar-refractivity contribution in [2.75, 3.05) is 20.6 Å². The van der Waals surface area contributed by atoms with Crippen molar-refractivity contribution in [2.45, 2.75) is 76.2 Å². The summed E-state index contributed by atoms with van der Waals surface area (Å²) in [5.74, 6) is -4.97. The zero-order chi connectivity index (χ0) is 47.1. The van der Waals surface area contributed by atoms with Gasteiger partial charge < -0.3 is 53.6 Å². The number of hydrogen-bond donors (Lipinski definition) is 9. The third-order valence-corrected chi connectivity index (χ3v) is 10.8. The molecule has 4 aromatic carbocycles. The highest BCUT2D eigenvalue weighted by atomic mass is 35.5. The van der Waals surface area contributed by atoms with Gasteiger partial charge in [-0.2, -0.15) is 0 Å². The standard InChI is InChI=1S/C46H55ClN8O9/c1-4-39(59)52-35(45(63)54-42(49)38(58)20-21-40(60)51-2)24-26-8-18-36(56)32(23-26)33-25-30(15-19-37(33)57)41(43(50)61)55(3)46(64)34(7-5-6-22-48)53-44(62)29-11-9-27(10-12-29)28-13-16-31(47)17-14-28/h8-19,23,25,34-35,41-42,56-57H,4-7,20-22,24,48-49H2,1-3H3,(H2,50,61)(H,51,60)(H,52,59)(H,53,62)(H,54,63). The maximum atomic E-state index is 14.2. The molecule has 0 aliphatic heterocycles. The number of unbranched alkanes of at least 4 members (excludes halogenated alkanes) is 1. The molecule has 0 fully saturated rings. The molecule has 0 spiro atoms. The number of amides is 6. The van der Waals surface area contributed by atoms with Crippen molar-refractivity contribution in [3.05, 3.63) is 107 Å². The molecule has 0 aromatic heterocycles. The number of nitrogens with zero attached hydrogens (tertiary/aromatic N) is 1. The summed E-state index contributed by atoms with van der Waals surface area (Å²) < 4.78 is 0. The van der Waals surface area contributed by atoms with Gasteiger partial charge in [0, 0.05) is 61.5 Å². The van der Waals surface area contributed by atoms with Crippen LogP contribution in [0.1, 0.15) is 73.0 Å². The Bertz CT molecular complexity index is 2330. The molecule has 0 saturated carbocycles. The van der Waals surface area contributed by atoms with Crippen LogP contribution < -0.4 is 38.5 Å². The molecular weight excluding hydrogens is 844 g/mol. The summed E-state index contributed by atoms with van der Waals surface area (Å²) >= 11 is 6.02. The zero-order valence-electron chi connectivity index (χ0n) is 35.9. The average Bonchev–Trinajstić information content (AvgIpc) is 3.28. The number of nitrogens with one attached hydrogen (secondary N) is 4. The monoisotopic (exact) mass is 898 g/mol. The topological polar surface area (TPSA) is 289 Å². The summed E-state index contributed by atoms with van der Waals surface area (Å²) in [6, 6.07) is 18.6. The Hall–Kier alpha value is -6.82. The molecule has 0 bridgehead atoms. The van der Waals surface area contributed by atoms with E-state index in [2.05, 4.69) is 21.3 Å². The molecule has 64 heavy (non-hydrogen) atoms. The van der Waals surface area contributed by atoms with E-state index in [9.17, 15) is 43.8 Å². The fourth-order valence-electron chi connectivity index (χ4n) is 6.86. The highest BCUT2D eigenvalue weighted by molar-refractivity contribution is 6.30. The van der Waals surface area contributed by atoms with E-state index >= 15 is 0 Å². The van der Waals surface area contributed by atoms with Gasteiger partial charge in [-0.15, -0.1) is 0 Å². The minimum Gasteiger partial charge on any atom is -0.507 e. The number of benzene rings is 4. The first-order valence-electron chi connectivity index (χ1n) is 20.6. The van der Waals surface area contributed by atoms with E-state index in [4.69, 9.17) is 28.8 Å². The second kappa shape index (κ2) is 23.6. The van der Waals surface area contributed by atoms with Crippen LogP contribution >= 0.6 is 11.6 Å². The van der Waals surface area contributed by atoms with Crippen molar-refractivity contribution in [3.8, 4) is 33.8 Å². The lowest BCUT2D eigenvalue weighted by atomic mass is 9.94. The summed E-state index contributed by atoms with van der Waals surface area (Å²) in [6.07, 6.45) is -0.727. The van der Waals surface area contributed by atoms with E-state index in [1.165, 1.54) is 50.5 Å². The fourth-order valence-corrected chi connectivity index (χ4v) is 6.98. The average molecular weight is 899 g/mol. The number of rotatable bonds is 22. The van der Waals surface area contributed by atoms with Crippen molar-refractivity contribution >= 4 is 52.8 Å². The van der Waals surface area contributed by atoms with Gasteiger partial charge in [0.25, 0.3) is 5.91 Å². The van der Waals surface area contributed by atoms with Crippen molar-refractivity contribution in [3.63, 3.8) is 0 Å². The number of hydrogen-bond acceptors (Lipinski definition) is 11. The summed E-state index contributed by atoms with van der Waals surface area (Å²) in [4.78, 5) is 92.0. The van der Waals surface area contributed by atoms with E-state index in [0.717, 1.165) is 16.0 Å². The fraction of sp³-hybridized carbons (Fsp3) is 0.326. The molecule has 4 aromatic rings. The molecule has 0 aliphatic rings. The van der Waals surface area contributed by atoms with Crippen LogP contribution in [0.2, 0.25) is 5.02 Å². The number of aromatic hydroxyl groups is 2. The number of ketones is 1. The number of phenolic OH excluding ortho intramolecular Hbond substituents is 2. The molecule has 18 heteroatoms. The molecule has 4 atom stereocenters. The molecule has 0 heterocycles. The first-order valence-corrected chi connectivity index (χ1v) is 21.0. The van der Waals surface area contributed by atoms with Crippen molar-refractivity contribution < 1.29 is 43.8 Å². The quantitative estimate of drug-likeness (QED) is 0.0408. The molecular formula is C46H55ClN8O9. The van der Waals surface area contributed by atoms with Crippen LogP contribution in [0.15, 0.2) is 84.9 Å². The van der Waals surface area contributed by atoms with Gasteiger partial charge in [0.2, 0.25) is 29.5 Å². The minimum absolute atomic E-state index is 0.0286. The van der Waals surface area contributed by atoms with Crippen LogP contribution in [-0.2, 0) is 35.2 Å². The summed E-state index contributed by atoms with van der Waals surface area (Å²) in [5.41, 5.74) is 20.2. The Balaban J connectivity index is 1.59. The number of phenols is 2. The van der Waals surface area contributed by atoms with Gasteiger partial charge in [0.05, 0.1) is 0 Å². The Kier molecular flexibility index (Phi) is 18.4. The van der Waals surface area contributed by atoms with Crippen LogP contribution in [-0.4, -0.2) is 95.2 Å². The maximum Gasteiger partial charge on any atom is 0.251 e. The largest absolute Gasteiger partial charge is 0.507 e. The molecule has 340 valence electrons. The second-order valence-electron chi connectivity index (χ2n) is 15.1. The Morgan fingerprint density at radius 1 is 0.750 bits per heavy atom. The third kappa shape index (κ3) is 13.6. The SMILES string of the molecule is CCC(=O)NC(Cc1ccc(O)c(-c2cc(C(C(N)=O)N(C)C(=O)C(CCCCN)NC(=O)c3ccc(-c4ccc(Cl)cc4)cc3)ccc2O)c1)C(=O)NC(N)C(=O)CCC(=O)NC. The Morgan fingerprint density at radius 2 is 1.36 bits per heavy atom. The van der Waals surface area contributed by atoms with Gasteiger partial charge in [-0.3, -0.25) is 33.6 Å². The molecule has 4 rings (SSSR count).